The fourth-order valence-corrected chi connectivity index (χ4v) is 4.72. The Bertz CT molecular complexity index is 658. The van der Waals surface area contributed by atoms with Crippen molar-refractivity contribution < 1.29 is 4.79 Å². The predicted molar refractivity (Wildman–Crippen MR) is 92.5 cm³/mol. The third-order valence-electron chi connectivity index (χ3n) is 3.96. The molecule has 3 rings (SSSR count). The van der Waals surface area contributed by atoms with Crippen LogP contribution < -0.4 is 5.32 Å². The van der Waals surface area contributed by atoms with Crippen LogP contribution in [0.4, 0.5) is 5.69 Å². The molecule has 1 amide bonds. The van der Waals surface area contributed by atoms with E-state index in [-0.39, 0.29) is 5.91 Å². The van der Waals surface area contributed by atoms with E-state index in [4.69, 9.17) is 0 Å². The molecule has 1 aromatic carbocycles. The molecule has 1 heterocycles. The van der Waals surface area contributed by atoms with E-state index in [0.717, 1.165) is 39.0 Å². The third-order valence-corrected chi connectivity index (χ3v) is 5.65. The smallest absolute Gasteiger partial charge is 0.265 e. The largest absolute Gasteiger partial charge is 0.321 e. The number of fused-ring (bicyclic) bond motifs is 1. The molecule has 0 aliphatic heterocycles. The maximum absolute atomic E-state index is 12.5. The Morgan fingerprint density at radius 2 is 1.81 bits per heavy atom. The van der Waals surface area contributed by atoms with Crippen molar-refractivity contribution in [1.82, 2.24) is 0 Å². The van der Waals surface area contributed by atoms with Crippen LogP contribution in [-0.2, 0) is 12.8 Å². The zero-order valence-electron chi connectivity index (χ0n) is 12.3. The zero-order chi connectivity index (χ0) is 15.0. The molecule has 0 bridgehead atoms. The van der Waals surface area contributed by atoms with Gasteiger partial charge in [-0.15, -0.1) is 11.3 Å². The van der Waals surface area contributed by atoms with E-state index in [2.05, 4.69) is 27.3 Å². The van der Waals surface area contributed by atoms with Crippen molar-refractivity contribution >= 4 is 38.9 Å². The lowest BCUT2D eigenvalue weighted by molar-refractivity contribution is 0.103. The summed E-state index contributed by atoms with van der Waals surface area (Å²) >= 11 is 5.14. The second-order valence-electron chi connectivity index (χ2n) is 5.63. The van der Waals surface area contributed by atoms with Gasteiger partial charge in [0.2, 0.25) is 0 Å². The Kier molecular flexibility index (Phi) is 4.18. The van der Waals surface area contributed by atoms with Gasteiger partial charge in [0.15, 0.2) is 0 Å². The highest BCUT2D eigenvalue weighted by atomic mass is 79.9. The average Bonchev–Trinajstić information content (AvgIpc) is 2.86. The van der Waals surface area contributed by atoms with Gasteiger partial charge < -0.3 is 5.32 Å². The number of benzene rings is 1. The van der Waals surface area contributed by atoms with E-state index >= 15 is 0 Å². The van der Waals surface area contributed by atoms with E-state index in [1.807, 2.05) is 26.0 Å². The maximum atomic E-state index is 12.5. The first kappa shape index (κ1) is 14.8. The van der Waals surface area contributed by atoms with Crippen molar-refractivity contribution in [2.24, 2.45) is 0 Å². The molecule has 110 valence electrons. The number of carbonyl (C=O) groups excluding carboxylic acids is 1. The summed E-state index contributed by atoms with van der Waals surface area (Å²) in [6.07, 6.45) is 4.74. The first-order chi connectivity index (χ1) is 10.0. The number of amides is 1. The van der Waals surface area contributed by atoms with Crippen molar-refractivity contribution in [1.29, 1.82) is 0 Å². The minimum absolute atomic E-state index is 0.0166. The number of carbonyl (C=O) groups is 1. The Labute approximate surface area is 137 Å². The summed E-state index contributed by atoms with van der Waals surface area (Å²) in [7, 11) is 0. The van der Waals surface area contributed by atoms with Crippen molar-refractivity contribution in [3.63, 3.8) is 0 Å². The molecule has 2 aromatic rings. The molecule has 1 aliphatic rings. The molecule has 0 unspecified atom stereocenters. The standard InChI is InChI=1S/C17H18BrNOS/c1-10-7-13(18)8-11(2)16(10)19-17(20)15-9-12-5-3-4-6-14(12)21-15/h7-9H,3-6H2,1-2H3,(H,19,20). The number of nitrogens with one attached hydrogen (secondary N) is 1. The molecule has 1 aliphatic carbocycles. The van der Waals surface area contributed by atoms with Crippen LogP contribution in [-0.4, -0.2) is 5.91 Å². The van der Waals surface area contributed by atoms with Gasteiger partial charge in [0, 0.05) is 15.0 Å². The molecule has 0 radical (unpaired) electrons. The second kappa shape index (κ2) is 5.93. The van der Waals surface area contributed by atoms with E-state index in [0.29, 0.717) is 0 Å². The lowest BCUT2D eigenvalue weighted by Gasteiger charge is -2.11. The Hall–Kier alpha value is -1.13. The van der Waals surface area contributed by atoms with E-state index in [1.54, 1.807) is 11.3 Å². The van der Waals surface area contributed by atoms with Crippen molar-refractivity contribution in [3.8, 4) is 0 Å². The van der Waals surface area contributed by atoms with Gasteiger partial charge in [0.05, 0.1) is 4.88 Å². The van der Waals surface area contributed by atoms with Crippen LogP contribution in [0.25, 0.3) is 0 Å². The molecular weight excluding hydrogens is 346 g/mol. The quantitative estimate of drug-likeness (QED) is 0.774. The fraction of sp³-hybridized carbons (Fsp3) is 0.353. The minimum atomic E-state index is 0.0166. The van der Waals surface area contributed by atoms with Gasteiger partial charge in [0.25, 0.3) is 5.91 Å². The topological polar surface area (TPSA) is 29.1 Å². The molecule has 1 N–H and O–H groups in total. The third kappa shape index (κ3) is 3.06. The normalized spacial score (nSPS) is 13.9. The number of hydrogen-bond donors (Lipinski definition) is 1. The summed E-state index contributed by atoms with van der Waals surface area (Å²) in [5.74, 6) is 0.0166. The molecule has 0 atom stereocenters. The molecule has 4 heteroatoms. The highest BCUT2D eigenvalue weighted by Crippen LogP contribution is 2.31. The van der Waals surface area contributed by atoms with Crippen LogP contribution in [0.3, 0.4) is 0 Å². The summed E-state index contributed by atoms with van der Waals surface area (Å²) < 4.78 is 1.04. The summed E-state index contributed by atoms with van der Waals surface area (Å²) in [4.78, 5) is 14.7. The molecule has 2 nitrogen and oxygen atoms in total. The van der Waals surface area contributed by atoms with Crippen LogP contribution >= 0.6 is 27.3 Å². The average molecular weight is 364 g/mol. The zero-order valence-corrected chi connectivity index (χ0v) is 14.7. The number of halogens is 1. The fourth-order valence-electron chi connectivity index (χ4n) is 2.89. The van der Waals surface area contributed by atoms with Gasteiger partial charge in [-0.2, -0.15) is 0 Å². The summed E-state index contributed by atoms with van der Waals surface area (Å²) in [5, 5.41) is 3.08. The van der Waals surface area contributed by atoms with Gasteiger partial charge in [0.1, 0.15) is 0 Å². The van der Waals surface area contributed by atoms with Gasteiger partial charge in [-0.05, 0) is 74.4 Å². The molecular formula is C17H18BrNOS. The molecule has 0 saturated carbocycles. The summed E-state index contributed by atoms with van der Waals surface area (Å²) in [6.45, 7) is 4.04. The van der Waals surface area contributed by atoms with Crippen LogP contribution in [0, 0.1) is 13.8 Å². The number of hydrogen-bond acceptors (Lipinski definition) is 2. The predicted octanol–water partition coefficient (Wildman–Crippen LogP) is 5.26. The number of thiophene rings is 1. The SMILES string of the molecule is Cc1cc(Br)cc(C)c1NC(=O)c1cc2c(s1)CCCC2. The Balaban J connectivity index is 1.85. The molecule has 0 saturated heterocycles. The number of rotatable bonds is 2. The lowest BCUT2D eigenvalue weighted by Crippen LogP contribution is -2.12. The number of aryl methyl sites for hydroxylation is 4. The molecule has 0 fully saturated rings. The summed E-state index contributed by atoms with van der Waals surface area (Å²) in [6, 6.07) is 6.14. The van der Waals surface area contributed by atoms with Gasteiger partial charge in [-0.3, -0.25) is 4.79 Å². The molecule has 21 heavy (non-hydrogen) atoms. The van der Waals surface area contributed by atoms with Crippen LogP contribution in [0.5, 0.6) is 0 Å². The Morgan fingerprint density at radius 1 is 1.14 bits per heavy atom. The monoisotopic (exact) mass is 363 g/mol. The molecule has 0 spiro atoms. The molecule has 1 aromatic heterocycles. The van der Waals surface area contributed by atoms with Crippen molar-refractivity contribution in [2.75, 3.05) is 5.32 Å². The van der Waals surface area contributed by atoms with Gasteiger partial charge in [-0.1, -0.05) is 15.9 Å². The van der Waals surface area contributed by atoms with Crippen molar-refractivity contribution in [2.45, 2.75) is 39.5 Å². The first-order valence-corrected chi connectivity index (χ1v) is 8.85. The van der Waals surface area contributed by atoms with Crippen LogP contribution in [0.15, 0.2) is 22.7 Å². The minimum Gasteiger partial charge on any atom is -0.321 e. The van der Waals surface area contributed by atoms with Crippen LogP contribution in [0.1, 0.15) is 44.1 Å². The number of anilines is 1. The van der Waals surface area contributed by atoms with Gasteiger partial charge in [-0.25, -0.2) is 0 Å². The highest BCUT2D eigenvalue weighted by Gasteiger charge is 2.18. The lowest BCUT2D eigenvalue weighted by atomic mass is 9.99. The Morgan fingerprint density at radius 3 is 2.48 bits per heavy atom. The van der Waals surface area contributed by atoms with Crippen LogP contribution in [0.2, 0.25) is 0 Å². The van der Waals surface area contributed by atoms with E-state index < -0.39 is 0 Å². The summed E-state index contributed by atoms with van der Waals surface area (Å²) in [5.41, 5.74) is 4.46. The van der Waals surface area contributed by atoms with Crippen molar-refractivity contribution in [3.05, 3.63) is 49.1 Å². The first-order valence-electron chi connectivity index (χ1n) is 7.24. The maximum Gasteiger partial charge on any atom is 0.265 e. The van der Waals surface area contributed by atoms with Gasteiger partial charge >= 0.3 is 0 Å². The second-order valence-corrected chi connectivity index (χ2v) is 7.69. The highest BCUT2D eigenvalue weighted by molar-refractivity contribution is 9.10. The van der Waals surface area contributed by atoms with E-state index in [1.165, 1.54) is 23.3 Å². The van der Waals surface area contributed by atoms with E-state index in [9.17, 15) is 4.79 Å².